The molecule has 6 nitrogen and oxygen atoms in total. The average molecular weight is 381 g/mol. The molecule has 1 fully saturated rings. The van der Waals surface area contributed by atoms with Crippen molar-refractivity contribution < 1.29 is 0 Å². The highest BCUT2D eigenvalue weighted by Crippen LogP contribution is 2.13. The molecule has 28 heavy (non-hydrogen) atoms. The van der Waals surface area contributed by atoms with E-state index >= 15 is 0 Å². The Morgan fingerprint density at radius 3 is 2.61 bits per heavy atom. The standard InChI is InChI=1S/C22H32N6/c1-26(2)14-7-12-23-21-11-13-24-22(25-21)28-18-16-27(17-19-28)15-6-10-20-8-4-3-5-9-20/h3-6,8-11,13H,7,12,14-19H2,1-2H3,(H,23,24,25)/b10-6+. The van der Waals surface area contributed by atoms with E-state index in [-0.39, 0.29) is 0 Å². The second-order valence-electron chi connectivity index (χ2n) is 7.43. The smallest absolute Gasteiger partial charge is 0.227 e. The predicted molar refractivity (Wildman–Crippen MR) is 118 cm³/mol. The van der Waals surface area contributed by atoms with E-state index in [1.807, 2.05) is 18.3 Å². The lowest BCUT2D eigenvalue weighted by molar-refractivity contribution is 0.283. The lowest BCUT2D eigenvalue weighted by Gasteiger charge is -2.34. The third-order valence-corrected chi connectivity index (χ3v) is 4.86. The summed E-state index contributed by atoms with van der Waals surface area (Å²) in [5.41, 5.74) is 1.25. The zero-order valence-electron chi connectivity index (χ0n) is 17.1. The van der Waals surface area contributed by atoms with Gasteiger partial charge in [-0.15, -0.1) is 0 Å². The van der Waals surface area contributed by atoms with Gasteiger partial charge in [0.15, 0.2) is 0 Å². The van der Waals surface area contributed by atoms with Crippen LogP contribution in [0.1, 0.15) is 12.0 Å². The molecule has 0 unspecified atom stereocenters. The highest BCUT2D eigenvalue weighted by atomic mass is 15.3. The van der Waals surface area contributed by atoms with Crippen LogP contribution in [0.15, 0.2) is 48.7 Å². The second-order valence-corrected chi connectivity index (χ2v) is 7.43. The van der Waals surface area contributed by atoms with Crippen molar-refractivity contribution in [1.82, 2.24) is 19.8 Å². The minimum absolute atomic E-state index is 0.831. The summed E-state index contributed by atoms with van der Waals surface area (Å²) in [6.45, 7) is 6.97. The van der Waals surface area contributed by atoms with Crippen molar-refractivity contribution in [3.05, 3.63) is 54.2 Å². The quantitative estimate of drug-likeness (QED) is 0.675. The van der Waals surface area contributed by atoms with Gasteiger partial charge in [0.2, 0.25) is 5.95 Å². The maximum Gasteiger partial charge on any atom is 0.227 e. The van der Waals surface area contributed by atoms with Gasteiger partial charge in [-0.05, 0) is 38.7 Å². The van der Waals surface area contributed by atoms with E-state index in [2.05, 4.69) is 75.5 Å². The molecule has 150 valence electrons. The number of anilines is 2. The molecule has 1 aromatic carbocycles. The molecule has 1 aromatic heterocycles. The first-order chi connectivity index (χ1) is 13.7. The first-order valence-electron chi connectivity index (χ1n) is 10.1. The molecule has 1 aliphatic heterocycles. The fraction of sp³-hybridized carbons (Fsp3) is 0.455. The fourth-order valence-electron chi connectivity index (χ4n) is 3.24. The van der Waals surface area contributed by atoms with Crippen molar-refractivity contribution in [2.24, 2.45) is 0 Å². The molecule has 0 aliphatic carbocycles. The third-order valence-electron chi connectivity index (χ3n) is 4.86. The molecule has 0 atom stereocenters. The van der Waals surface area contributed by atoms with Gasteiger partial charge in [-0.2, -0.15) is 4.98 Å². The van der Waals surface area contributed by atoms with Crippen LogP contribution < -0.4 is 10.2 Å². The summed E-state index contributed by atoms with van der Waals surface area (Å²) < 4.78 is 0. The summed E-state index contributed by atoms with van der Waals surface area (Å²) in [5, 5.41) is 3.41. The molecular weight excluding hydrogens is 348 g/mol. The van der Waals surface area contributed by atoms with Crippen LogP contribution in [-0.2, 0) is 0 Å². The molecule has 2 heterocycles. The van der Waals surface area contributed by atoms with Crippen LogP contribution in [0.4, 0.5) is 11.8 Å². The van der Waals surface area contributed by atoms with Gasteiger partial charge in [0.1, 0.15) is 5.82 Å². The first-order valence-corrected chi connectivity index (χ1v) is 10.1. The number of aromatic nitrogens is 2. The summed E-state index contributed by atoms with van der Waals surface area (Å²) >= 11 is 0. The Hall–Kier alpha value is -2.44. The average Bonchev–Trinajstić information content (AvgIpc) is 2.73. The van der Waals surface area contributed by atoms with Gasteiger partial charge in [-0.3, -0.25) is 4.90 Å². The van der Waals surface area contributed by atoms with Crippen molar-refractivity contribution in [2.75, 3.05) is 70.1 Å². The number of nitrogens with zero attached hydrogens (tertiary/aromatic N) is 5. The molecule has 6 heteroatoms. The maximum absolute atomic E-state index is 4.70. The third kappa shape index (κ3) is 6.62. The molecule has 0 radical (unpaired) electrons. The normalized spacial score (nSPS) is 15.5. The monoisotopic (exact) mass is 380 g/mol. The Balaban J connectivity index is 1.43. The van der Waals surface area contributed by atoms with Crippen molar-refractivity contribution in [2.45, 2.75) is 6.42 Å². The molecular formula is C22H32N6. The highest BCUT2D eigenvalue weighted by Gasteiger charge is 2.18. The molecule has 1 aliphatic rings. The fourth-order valence-corrected chi connectivity index (χ4v) is 3.24. The van der Waals surface area contributed by atoms with E-state index in [0.29, 0.717) is 0 Å². The molecule has 0 amide bonds. The van der Waals surface area contributed by atoms with Gasteiger partial charge in [-0.25, -0.2) is 4.98 Å². The topological polar surface area (TPSA) is 47.5 Å². The van der Waals surface area contributed by atoms with Crippen molar-refractivity contribution in [1.29, 1.82) is 0 Å². The van der Waals surface area contributed by atoms with Gasteiger partial charge in [0.25, 0.3) is 0 Å². The Labute approximate surface area is 168 Å². The van der Waals surface area contributed by atoms with E-state index in [0.717, 1.165) is 64.0 Å². The van der Waals surface area contributed by atoms with Gasteiger partial charge in [0, 0.05) is 45.5 Å². The number of nitrogens with one attached hydrogen (secondary N) is 1. The molecule has 0 spiro atoms. The van der Waals surface area contributed by atoms with Gasteiger partial charge in [-0.1, -0.05) is 42.5 Å². The lowest BCUT2D eigenvalue weighted by atomic mass is 10.2. The van der Waals surface area contributed by atoms with Gasteiger partial charge < -0.3 is 15.1 Å². The van der Waals surface area contributed by atoms with E-state index in [9.17, 15) is 0 Å². The first kappa shape index (κ1) is 20.3. The summed E-state index contributed by atoms with van der Waals surface area (Å²) in [7, 11) is 4.19. The Morgan fingerprint density at radius 2 is 1.86 bits per heavy atom. The number of benzene rings is 1. The summed E-state index contributed by atoms with van der Waals surface area (Å²) in [4.78, 5) is 16.1. The number of hydrogen-bond donors (Lipinski definition) is 1. The predicted octanol–water partition coefficient (Wildman–Crippen LogP) is 2.68. The highest BCUT2D eigenvalue weighted by molar-refractivity contribution is 5.48. The van der Waals surface area contributed by atoms with E-state index < -0.39 is 0 Å². The lowest BCUT2D eigenvalue weighted by Crippen LogP contribution is -2.47. The summed E-state index contributed by atoms with van der Waals surface area (Å²) in [6, 6.07) is 12.4. The molecule has 1 saturated heterocycles. The van der Waals surface area contributed by atoms with E-state index in [1.54, 1.807) is 0 Å². The Morgan fingerprint density at radius 1 is 1.07 bits per heavy atom. The van der Waals surface area contributed by atoms with E-state index in [4.69, 9.17) is 4.98 Å². The Bertz CT molecular complexity index is 723. The minimum Gasteiger partial charge on any atom is -0.370 e. The van der Waals surface area contributed by atoms with Crippen LogP contribution in [0.2, 0.25) is 0 Å². The molecule has 0 saturated carbocycles. The van der Waals surface area contributed by atoms with Crippen molar-refractivity contribution >= 4 is 17.8 Å². The molecule has 2 aromatic rings. The minimum atomic E-state index is 0.831. The van der Waals surface area contributed by atoms with Crippen LogP contribution in [-0.4, -0.2) is 79.7 Å². The molecule has 0 bridgehead atoms. The molecule has 1 N–H and O–H groups in total. The van der Waals surface area contributed by atoms with Crippen molar-refractivity contribution in [3.63, 3.8) is 0 Å². The largest absolute Gasteiger partial charge is 0.370 e. The Kier molecular flexibility index (Phi) is 7.82. The van der Waals surface area contributed by atoms with Gasteiger partial charge >= 0.3 is 0 Å². The maximum atomic E-state index is 4.70. The second kappa shape index (κ2) is 10.8. The number of hydrogen-bond acceptors (Lipinski definition) is 6. The number of rotatable bonds is 9. The van der Waals surface area contributed by atoms with Crippen LogP contribution in [0, 0.1) is 0 Å². The van der Waals surface area contributed by atoms with Gasteiger partial charge in [0.05, 0.1) is 0 Å². The van der Waals surface area contributed by atoms with Crippen LogP contribution in [0.3, 0.4) is 0 Å². The van der Waals surface area contributed by atoms with Crippen LogP contribution >= 0.6 is 0 Å². The van der Waals surface area contributed by atoms with Crippen molar-refractivity contribution in [3.8, 4) is 0 Å². The summed E-state index contributed by atoms with van der Waals surface area (Å²) in [6.07, 6.45) is 7.40. The van der Waals surface area contributed by atoms with Crippen LogP contribution in [0.5, 0.6) is 0 Å². The zero-order chi connectivity index (χ0) is 19.6. The molecule has 3 rings (SSSR count). The van der Waals surface area contributed by atoms with Crippen LogP contribution in [0.25, 0.3) is 6.08 Å². The van der Waals surface area contributed by atoms with E-state index in [1.165, 1.54) is 5.56 Å². The zero-order valence-corrected chi connectivity index (χ0v) is 17.1. The number of piperazine rings is 1. The SMILES string of the molecule is CN(C)CCCNc1ccnc(N2CCN(C/C=C/c3ccccc3)CC2)n1. The summed E-state index contributed by atoms with van der Waals surface area (Å²) in [5.74, 6) is 1.74.